The molecule has 1 amide bonds. The number of amides is 1. The summed E-state index contributed by atoms with van der Waals surface area (Å²) < 4.78 is 10.4. The molecule has 2 aromatic rings. The minimum atomic E-state index is -0.118. The Balaban J connectivity index is 1.81. The molecule has 0 radical (unpaired) electrons. The zero-order valence-corrected chi connectivity index (χ0v) is 9.79. The van der Waals surface area contributed by atoms with Crippen LogP contribution in [-0.4, -0.2) is 30.6 Å². The number of nitrogens with one attached hydrogen (secondary N) is 2. The largest absolute Gasteiger partial charge is 0.463 e. The summed E-state index contributed by atoms with van der Waals surface area (Å²) in [6.07, 6.45) is 2.40. The maximum absolute atomic E-state index is 11.7. The van der Waals surface area contributed by atoms with Crippen molar-refractivity contribution in [2.75, 3.05) is 19.8 Å². The van der Waals surface area contributed by atoms with Gasteiger partial charge in [0.1, 0.15) is 5.69 Å². The summed E-state index contributed by atoms with van der Waals surface area (Å²) in [5.74, 6) is -0.118. The molecule has 0 saturated heterocycles. The number of hydrogen-bond acceptors (Lipinski definition) is 3. The SMILES string of the molecule is CCOCCCNC(=O)c1cc2occc2[nH]1. The van der Waals surface area contributed by atoms with Gasteiger partial charge < -0.3 is 19.5 Å². The number of hydrogen-bond donors (Lipinski definition) is 2. The van der Waals surface area contributed by atoms with Crippen LogP contribution in [0, 0.1) is 0 Å². The van der Waals surface area contributed by atoms with Gasteiger partial charge in [0.2, 0.25) is 0 Å². The Labute approximate surface area is 99.1 Å². The highest BCUT2D eigenvalue weighted by molar-refractivity contribution is 5.96. The quantitative estimate of drug-likeness (QED) is 0.753. The van der Waals surface area contributed by atoms with E-state index in [1.807, 2.05) is 6.92 Å². The molecule has 17 heavy (non-hydrogen) atoms. The molecule has 2 heterocycles. The van der Waals surface area contributed by atoms with Crippen LogP contribution in [0.25, 0.3) is 11.1 Å². The van der Waals surface area contributed by atoms with E-state index >= 15 is 0 Å². The maximum Gasteiger partial charge on any atom is 0.267 e. The third-order valence-electron chi connectivity index (χ3n) is 2.44. The second-order valence-corrected chi connectivity index (χ2v) is 3.69. The van der Waals surface area contributed by atoms with Gasteiger partial charge in [0.15, 0.2) is 5.58 Å². The Morgan fingerprint density at radius 2 is 2.47 bits per heavy atom. The van der Waals surface area contributed by atoms with Crippen molar-refractivity contribution in [1.29, 1.82) is 0 Å². The number of furan rings is 1. The van der Waals surface area contributed by atoms with Crippen LogP contribution >= 0.6 is 0 Å². The van der Waals surface area contributed by atoms with Gasteiger partial charge in [0.05, 0.1) is 11.8 Å². The summed E-state index contributed by atoms with van der Waals surface area (Å²) in [4.78, 5) is 14.7. The van der Waals surface area contributed by atoms with Crippen molar-refractivity contribution < 1.29 is 13.9 Å². The molecule has 5 nitrogen and oxygen atoms in total. The van der Waals surface area contributed by atoms with E-state index in [0.717, 1.165) is 11.9 Å². The summed E-state index contributed by atoms with van der Waals surface area (Å²) >= 11 is 0. The first-order valence-electron chi connectivity index (χ1n) is 5.73. The molecule has 0 spiro atoms. The zero-order valence-electron chi connectivity index (χ0n) is 9.79. The number of rotatable bonds is 6. The van der Waals surface area contributed by atoms with Crippen molar-refractivity contribution in [2.24, 2.45) is 0 Å². The van der Waals surface area contributed by atoms with Crippen LogP contribution in [0.15, 0.2) is 22.8 Å². The predicted octanol–water partition coefficient (Wildman–Crippen LogP) is 1.92. The second-order valence-electron chi connectivity index (χ2n) is 3.69. The van der Waals surface area contributed by atoms with Gasteiger partial charge in [-0.25, -0.2) is 0 Å². The van der Waals surface area contributed by atoms with E-state index in [0.29, 0.717) is 31.0 Å². The van der Waals surface area contributed by atoms with Crippen molar-refractivity contribution >= 4 is 17.0 Å². The fourth-order valence-corrected chi connectivity index (χ4v) is 1.59. The van der Waals surface area contributed by atoms with E-state index in [2.05, 4.69) is 10.3 Å². The number of carbonyl (C=O) groups excluding carboxylic acids is 1. The first kappa shape index (κ1) is 11.7. The van der Waals surface area contributed by atoms with Crippen LogP contribution in [0.3, 0.4) is 0 Å². The van der Waals surface area contributed by atoms with Gasteiger partial charge >= 0.3 is 0 Å². The number of ether oxygens (including phenoxy) is 1. The highest BCUT2D eigenvalue weighted by Crippen LogP contribution is 2.15. The number of H-pyrrole nitrogens is 1. The molecule has 2 N–H and O–H groups in total. The Morgan fingerprint density at radius 1 is 1.59 bits per heavy atom. The normalized spacial score (nSPS) is 10.9. The zero-order chi connectivity index (χ0) is 12.1. The van der Waals surface area contributed by atoms with Gasteiger partial charge in [-0.05, 0) is 13.3 Å². The maximum atomic E-state index is 11.7. The van der Waals surface area contributed by atoms with Crippen molar-refractivity contribution in [3.8, 4) is 0 Å². The first-order chi connectivity index (χ1) is 8.31. The molecule has 0 bridgehead atoms. The van der Waals surface area contributed by atoms with Crippen LogP contribution in [0.5, 0.6) is 0 Å². The molecular weight excluding hydrogens is 220 g/mol. The van der Waals surface area contributed by atoms with Gasteiger partial charge in [0, 0.05) is 31.9 Å². The molecule has 0 aliphatic heterocycles. The molecular formula is C12H16N2O3. The smallest absolute Gasteiger partial charge is 0.267 e. The third kappa shape index (κ3) is 2.88. The Bertz CT molecular complexity index is 458. The lowest BCUT2D eigenvalue weighted by atomic mass is 10.3. The lowest BCUT2D eigenvalue weighted by Gasteiger charge is -2.03. The minimum absolute atomic E-state index is 0.118. The molecule has 0 fully saturated rings. The average Bonchev–Trinajstić information content (AvgIpc) is 2.88. The van der Waals surface area contributed by atoms with Gasteiger partial charge in [-0.2, -0.15) is 0 Å². The first-order valence-corrected chi connectivity index (χ1v) is 5.73. The molecule has 0 aliphatic carbocycles. The molecule has 92 valence electrons. The van der Waals surface area contributed by atoms with Gasteiger partial charge in [-0.15, -0.1) is 0 Å². The number of aromatic nitrogens is 1. The van der Waals surface area contributed by atoms with E-state index in [1.54, 1.807) is 18.4 Å². The van der Waals surface area contributed by atoms with E-state index in [-0.39, 0.29) is 5.91 Å². The Morgan fingerprint density at radius 3 is 3.24 bits per heavy atom. The molecule has 0 saturated carbocycles. The fourth-order valence-electron chi connectivity index (χ4n) is 1.59. The topological polar surface area (TPSA) is 67.3 Å². The van der Waals surface area contributed by atoms with E-state index in [1.165, 1.54) is 0 Å². The highest BCUT2D eigenvalue weighted by Gasteiger charge is 2.09. The number of aromatic amines is 1. The van der Waals surface area contributed by atoms with Crippen LogP contribution in [0.4, 0.5) is 0 Å². The fraction of sp³-hybridized carbons (Fsp3) is 0.417. The Kier molecular flexibility index (Phi) is 3.82. The summed E-state index contributed by atoms with van der Waals surface area (Å²) in [6, 6.07) is 3.49. The Hall–Kier alpha value is -1.75. The lowest BCUT2D eigenvalue weighted by Crippen LogP contribution is -2.25. The van der Waals surface area contributed by atoms with Crippen LogP contribution in [0.2, 0.25) is 0 Å². The summed E-state index contributed by atoms with van der Waals surface area (Å²) in [6.45, 7) is 3.94. The van der Waals surface area contributed by atoms with Crippen LogP contribution in [0.1, 0.15) is 23.8 Å². The monoisotopic (exact) mass is 236 g/mol. The van der Waals surface area contributed by atoms with E-state index < -0.39 is 0 Å². The predicted molar refractivity (Wildman–Crippen MR) is 64.0 cm³/mol. The van der Waals surface area contributed by atoms with Gasteiger partial charge in [-0.3, -0.25) is 4.79 Å². The second kappa shape index (κ2) is 5.54. The minimum Gasteiger partial charge on any atom is -0.463 e. The molecule has 0 unspecified atom stereocenters. The molecule has 0 aliphatic rings. The van der Waals surface area contributed by atoms with Crippen molar-refractivity contribution in [3.05, 3.63) is 24.1 Å². The molecule has 2 aromatic heterocycles. The van der Waals surface area contributed by atoms with Crippen molar-refractivity contribution in [3.63, 3.8) is 0 Å². The standard InChI is InChI=1S/C12H16N2O3/c1-2-16-6-3-5-13-12(15)10-8-11-9(14-10)4-7-17-11/h4,7-8,14H,2-3,5-6H2,1H3,(H,13,15). The van der Waals surface area contributed by atoms with Gasteiger partial charge in [-0.1, -0.05) is 0 Å². The van der Waals surface area contributed by atoms with E-state index in [9.17, 15) is 4.79 Å². The lowest BCUT2D eigenvalue weighted by molar-refractivity contribution is 0.0940. The molecule has 2 rings (SSSR count). The number of fused-ring (bicyclic) bond motifs is 1. The van der Waals surface area contributed by atoms with E-state index in [4.69, 9.17) is 9.15 Å². The highest BCUT2D eigenvalue weighted by atomic mass is 16.5. The molecule has 5 heteroatoms. The van der Waals surface area contributed by atoms with Crippen LogP contribution < -0.4 is 5.32 Å². The summed E-state index contributed by atoms with van der Waals surface area (Å²) in [5.41, 5.74) is 2.06. The van der Waals surface area contributed by atoms with Crippen molar-refractivity contribution in [1.82, 2.24) is 10.3 Å². The summed E-state index contributed by atoms with van der Waals surface area (Å²) in [5, 5.41) is 2.82. The van der Waals surface area contributed by atoms with Crippen LogP contribution in [-0.2, 0) is 4.74 Å². The van der Waals surface area contributed by atoms with Crippen molar-refractivity contribution in [2.45, 2.75) is 13.3 Å². The molecule has 0 aromatic carbocycles. The summed E-state index contributed by atoms with van der Waals surface area (Å²) in [7, 11) is 0. The van der Waals surface area contributed by atoms with Gasteiger partial charge in [0.25, 0.3) is 5.91 Å². The molecule has 0 atom stereocenters. The number of carbonyl (C=O) groups is 1. The third-order valence-corrected chi connectivity index (χ3v) is 2.44. The average molecular weight is 236 g/mol.